The first-order valence-corrected chi connectivity index (χ1v) is 9.00. The van der Waals surface area contributed by atoms with Gasteiger partial charge >= 0.3 is 0 Å². The van der Waals surface area contributed by atoms with Crippen molar-refractivity contribution in [1.29, 1.82) is 0 Å². The van der Waals surface area contributed by atoms with E-state index in [0.29, 0.717) is 39.0 Å². The molecule has 0 saturated heterocycles. The van der Waals surface area contributed by atoms with E-state index < -0.39 is 0 Å². The van der Waals surface area contributed by atoms with E-state index in [2.05, 4.69) is 20.5 Å². The number of methoxy groups -OCH3 is 1. The molecule has 0 radical (unpaired) electrons. The highest BCUT2D eigenvalue weighted by atomic mass is 32.1. The predicted octanol–water partition coefficient (Wildman–Crippen LogP) is 2.75. The molecule has 3 aromatic rings. The molecule has 140 valence electrons. The lowest BCUT2D eigenvalue weighted by atomic mass is 10.2. The van der Waals surface area contributed by atoms with E-state index in [1.165, 1.54) is 23.9 Å². The van der Waals surface area contributed by atoms with Gasteiger partial charge in [-0.25, -0.2) is 15.4 Å². The Labute approximate surface area is 160 Å². The number of thiophene rings is 1. The number of ether oxygens (including phenoxy) is 2. The van der Waals surface area contributed by atoms with Crippen molar-refractivity contribution in [2.24, 2.45) is 5.10 Å². The molecule has 0 aliphatic rings. The smallest absolute Gasteiger partial charge is 0.281 e. The second-order valence-corrected chi connectivity index (χ2v) is 6.54. The van der Waals surface area contributed by atoms with Crippen LogP contribution in [0.5, 0.6) is 11.5 Å². The highest BCUT2D eigenvalue weighted by Gasteiger charge is 2.18. The molecule has 9 heteroatoms. The average Bonchev–Trinajstić information content (AvgIpc) is 3.01. The van der Waals surface area contributed by atoms with Gasteiger partial charge in [0.05, 0.1) is 30.2 Å². The number of carbonyl (C=O) groups excluding carboxylic acids is 1. The number of nitrogens with one attached hydrogen (secondary N) is 1. The first-order valence-electron chi connectivity index (χ1n) is 8.19. The number of carbonyl (C=O) groups is 1. The molecule has 1 aromatic carbocycles. The van der Waals surface area contributed by atoms with Gasteiger partial charge in [0.1, 0.15) is 17.0 Å². The van der Waals surface area contributed by atoms with Gasteiger partial charge in [-0.3, -0.25) is 4.79 Å². The van der Waals surface area contributed by atoms with E-state index in [1.54, 1.807) is 19.2 Å². The van der Waals surface area contributed by atoms with Crippen molar-refractivity contribution in [3.05, 3.63) is 40.5 Å². The van der Waals surface area contributed by atoms with E-state index in [-0.39, 0.29) is 5.91 Å². The van der Waals surface area contributed by atoms with Gasteiger partial charge in [0.15, 0.2) is 11.5 Å². The zero-order valence-electron chi connectivity index (χ0n) is 15.1. The number of hydrazone groups is 1. The summed E-state index contributed by atoms with van der Waals surface area (Å²) in [5, 5.41) is 4.72. The first-order chi connectivity index (χ1) is 13.0. The Bertz CT molecular complexity index is 1020. The van der Waals surface area contributed by atoms with Crippen molar-refractivity contribution in [3.63, 3.8) is 0 Å². The Morgan fingerprint density at radius 3 is 2.89 bits per heavy atom. The maximum atomic E-state index is 12.5. The number of anilines is 1. The molecule has 0 atom stereocenters. The molecule has 2 aromatic heterocycles. The Morgan fingerprint density at radius 2 is 2.19 bits per heavy atom. The summed E-state index contributed by atoms with van der Waals surface area (Å²) in [6.45, 7) is 4.26. The fraction of sp³-hybridized carbons (Fsp3) is 0.222. The largest absolute Gasteiger partial charge is 0.493 e. The summed E-state index contributed by atoms with van der Waals surface area (Å²) in [4.78, 5) is 21.7. The second-order valence-electron chi connectivity index (χ2n) is 5.54. The predicted molar refractivity (Wildman–Crippen MR) is 106 cm³/mol. The molecule has 27 heavy (non-hydrogen) atoms. The van der Waals surface area contributed by atoms with Crippen LogP contribution in [-0.2, 0) is 0 Å². The zero-order chi connectivity index (χ0) is 19.4. The molecule has 0 aliphatic heterocycles. The van der Waals surface area contributed by atoms with Crippen molar-refractivity contribution >= 4 is 39.5 Å². The van der Waals surface area contributed by atoms with E-state index in [4.69, 9.17) is 15.2 Å². The number of nitrogens with zero attached hydrogens (tertiary/aromatic N) is 3. The van der Waals surface area contributed by atoms with Crippen LogP contribution in [0, 0.1) is 6.92 Å². The number of nitrogen functional groups attached to an aromatic ring is 1. The minimum absolute atomic E-state index is 0.330. The Kier molecular flexibility index (Phi) is 5.51. The van der Waals surface area contributed by atoms with Gasteiger partial charge in [0.25, 0.3) is 5.91 Å². The fourth-order valence-corrected chi connectivity index (χ4v) is 3.62. The number of fused-ring (bicyclic) bond motifs is 1. The van der Waals surface area contributed by atoms with E-state index >= 15 is 0 Å². The van der Waals surface area contributed by atoms with E-state index in [9.17, 15) is 4.79 Å². The molecule has 0 unspecified atom stereocenters. The summed E-state index contributed by atoms with van der Waals surface area (Å²) in [6.07, 6.45) is 2.92. The monoisotopic (exact) mass is 385 g/mol. The van der Waals surface area contributed by atoms with Crippen molar-refractivity contribution in [2.45, 2.75) is 13.8 Å². The van der Waals surface area contributed by atoms with Crippen LogP contribution >= 0.6 is 11.3 Å². The molecule has 0 bridgehead atoms. The molecule has 0 spiro atoms. The van der Waals surface area contributed by atoms with Gasteiger partial charge in [0, 0.05) is 0 Å². The Morgan fingerprint density at radius 1 is 1.37 bits per heavy atom. The summed E-state index contributed by atoms with van der Waals surface area (Å²) in [6, 6.07) is 5.40. The lowest BCUT2D eigenvalue weighted by molar-refractivity contribution is 0.0958. The number of amides is 1. The molecule has 3 rings (SSSR count). The van der Waals surface area contributed by atoms with E-state index in [0.717, 1.165) is 11.1 Å². The highest BCUT2D eigenvalue weighted by Crippen LogP contribution is 2.31. The van der Waals surface area contributed by atoms with Crippen molar-refractivity contribution in [2.75, 3.05) is 19.5 Å². The fourth-order valence-electron chi connectivity index (χ4n) is 2.57. The molecular weight excluding hydrogens is 366 g/mol. The van der Waals surface area contributed by atoms with Gasteiger partial charge < -0.3 is 15.2 Å². The van der Waals surface area contributed by atoms with Gasteiger partial charge in [-0.15, -0.1) is 11.3 Å². The molecule has 0 saturated carbocycles. The summed E-state index contributed by atoms with van der Waals surface area (Å²) in [5.41, 5.74) is 9.91. The van der Waals surface area contributed by atoms with Crippen LogP contribution in [0.3, 0.4) is 0 Å². The standard InChI is InChI=1S/C18H19N5O3S/c1-4-26-12-6-5-11(7-13(12)25-3)8-22-23-17(24)15-10(2)14-16(19)20-9-21-18(14)27-15/h5-9H,4H2,1-3H3,(H,23,24)(H2,19,20,21)/b22-8-. The summed E-state index contributed by atoms with van der Waals surface area (Å²) >= 11 is 1.25. The lowest BCUT2D eigenvalue weighted by Gasteiger charge is -2.09. The van der Waals surface area contributed by atoms with Crippen LogP contribution in [0.25, 0.3) is 10.2 Å². The van der Waals surface area contributed by atoms with Crippen molar-refractivity contribution < 1.29 is 14.3 Å². The number of aromatic nitrogens is 2. The Balaban J connectivity index is 1.76. The van der Waals surface area contributed by atoms with Crippen LogP contribution in [-0.4, -0.2) is 35.8 Å². The summed E-state index contributed by atoms with van der Waals surface area (Å²) < 4.78 is 10.8. The second kappa shape index (κ2) is 8.00. The average molecular weight is 385 g/mol. The topological polar surface area (TPSA) is 112 Å². The van der Waals surface area contributed by atoms with Crippen molar-refractivity contribution in [1.82, 2.24) is 15.4 Å². The molecule has 0 aliphatic carbocycles. The van der Waals surface area contributed by atoms with E-state index in [1.807, 2.05) is 19.9 Å². The zero-order valence-corrected chi connectivity index (χ0v) is 16.0. The normalized spacial score (nSPS) is 11.1. The van der Waals surface area contributed by atoms with Gasteiger partial charge in [0.2, 0.25) is 0 Å². The first kappa shape index (κ1) is 18.6. The number of rotatable bonds is 6. The van der Waals surface area contributed by atoms with Crippen LogP contribution in [0.15, 0.2) is 29.6 Å². The highest BCUT2D eigenvalue weighted by molar-refractivity contribution is 7.20. The van der Waals surface area contributed by atoms with Crippen molar-refractivity contribution in [3.8, 4) is 11.5 Å². The van der Waals surface area contributed by atoms with Crippen LogP contribution in [0.1, 0.15) is 27.7 Å². The van der Waals surface area contributed by atoms with Gasteiger partial charge in [-0.1, -0.05) is 0 Å². The summed E-state index contributed by atoms with van der Waals surface area (Å²) in [7, 11) is 1.57. The Hall–Kier alpha value is -3.20. The third kappa shape index (κ3) is 3.82. The molecule has 2 heterocycles. The lowest BCUT2D eigenvalue weighted by Crippen LogP contribution is -2.17. The van der Waals surface area contributed by atoms with Gasteiger partial charge in [-0.05, 0) is 43.2 Å². The van der Waals surface area contributed by atoms with Gasteiger partial charge in [-0.2, -0.15) is 5.10 Å². The number of hydrogen-bond acceptors (Lipinski definition) is 8. The minimum atomic E-state index is -0.330. The van der Waals surface area contributed by atoms with Crippen LogP contribution < -0.4 is 20.6 Å². The maximum absolute atomic E-state index is 12.5. The molecule has 8 nitrogen and oxygen atoms in total. The van der Waals surface area contributed by atoms with Crippen LogP contribution in [0.4, 0.5) is 5.82 Å². The quantitative estimate of drug-likeness (QED) is 0.498. The SMILES string of the molecule is CCOc1ccc(/C=N\NC(=O)c2sc3ncnc(N)c3c2C)cc1OC. The third-order valence-corrected chi connectivity index (χ3v) is 5.03. The number of benzene rings is 1. The number of nitrogens with two attached hydrogens (primary N) is 1. The summed E-state index contributed by atoms with van der Waals surface area (Å²) in [5.74, 6) is 1.28. The molecule has 1 amide bonds. The molecular formula is C18H19N5O3S. The molecule has 3 N–H and O–H groups in total. The maximum Gasteiger partial charge on any atom is 0.281 e. The minimum Gasteiger partial charge on any atom is -0.493 e. The number of aryl methyl sites for hydroxylation is 1. The third-order valence-electron chi connectivity index (χ3n) is 3.83. The molecule has 0 fully saturated rings. The van der Waals surface area contributed by atoms with Crippen LogP contribution in [0.2, 0.25) is 0 Å². The number of hydrogen-bond donors (Lipinski definition) is 2.